The highest BCUT2D eigenvalue weighted by molar-refractivity contribution is 7.98. The Labute approximate surface area is 218 Å². The quantitative estimate of drug-likeness (QED) is 0.272. The van der Waals surface area contributed by atoms with Crippen LogP contribution in [0.5, 0.6) is 0 Å². The Morgan fingerprint density at radius 3 is 2.46 bits per heavy atom. The Morgan fingerprint density at radius 2 is 1.81 bits per heavy atom. The summed E-state index contributed by atoms with van der Waals surface area (Å²) in [5.41, 5.74) is 1.73. The number of ether oxygens (including phenoxy) is 1. The Morgan fingerprint density at radius 1 is 1.11 bits per heavy atom. The van der Waals surface area contributed by atoms with Gasteiger partial charge >= 0.3 is 5.97 Å². The molecule has 12 nitrogen and oxygen atoms in total. The summed E-state index contributed by atoms with van der Waals surface area (Å²) in [5.74, 6) is -0.444. The van der Waals surface area contributed by atoms with Gasteiger partial charge in [-0.05, 0) is 29.8 Å². The number of aromatic nitrogens is 3. The highest BCUT2D eigenvalue weighted by Crippen LogP contribution is 2.13. The molecule has 4 N–H and O–H groups in total. The van der Waals surface area contributed by atoms with Crippen LogP contribution in [-0.2, 0) is 43.2 Å². The Kier molecular flexibility index (Phi) is 9.77. The van der Waals surface area contributed by atoms with E-state index in [1.807, 2.05) is 30.3 Å². The molecule has 0 aliphatic rings. The van der Waals surface area contributed by atoms with E-state index in [0.29, 0.717) is 17.2 Å². The Balaban J connectivity index is 1.48. The number of esters is 1. The van der Waals surface area contributed by atoms with Crippen LogP contribution in [0.25, 0.3) is 0 Å². The van der Waals surface area contributed by atoms with Crippen molar-refractivity contribution in [1.82, 2.24) is 25.6 Å². The first-order valence-electron chi connectivity index (χ1n) is 10.9. The van der Waals surface area contributed by atoms with Crippen LogP contribution < -0.4 is 15.8 Å². The number of rotatable bonds is 12. The lowest BCUT2D eigenvalue weighted by molar-refractivity contribution is -0.144. The molecule has 0 unspecified atom stereocenters. The molecule has 37 heavy (non-hydrogen) atoms. The summed E-state index contributed by atoms with van der Waals surface area (Å²) in [7, 11) is -2.59. The van der Waals surface area contributed by atoms with Crippen molar-refractivity contribution in [3.8, 4) is 0 Å². The molecule has 14 heteroatoms. The van der Waals surface area contributed by atoms with Gasteiger partial charge in [0, 0.05) is 17.1 Å². The van der Waals surface area contributed by atoms with E-state index in [1.165, 1.54) is 54.0 Å². The molecule has 2 amide bonds. The van der Waals surface area contributed by atoms with E-state index in [4.69, 9.17) is 9.88 Å². The second kappa shape index (κ2) is 13.0. The minimum absolute atomic E-state index is 0.0261. The van der Waals surface area contributed by atoms with Gasteiger partial charge in [0.15, 0.2) is 0 Å². The second-order valence-corrected chi connectivity index (χ2v) is 10.4. The van der Waals surface area contributed by atoms with Crippen molar-refractivity contribution < 1.29 is 27.5 Å². The van der Waals surface area contributed by atoms with Gasteiger partial charge in [0.25, 0.3) is 5.91 Å². The van der Waals surface area contributed by atoms with E-state index in [0.717, 1.165) is 5.56 Å². The number of nitrogens with zero attached hydrogens (tertiary/aromatic N) is 3. The van der Waals surface area contributed by atoms with Crippen LogP contribution in [0.15, 0.2) is 65.7 Å². The molecule has 3 aromatic rings. The first kappa shape index (κ1) is 27.8. The number of methoxy groups -OCH3 is 1. The molecule has 0 radical (unpaired) electrons. The van der Waals surface area contributed by atoms with Crippen LogP contribution in [0.3, 0.4) is 0 Å². The zero-order valence-electron chi connectivity index (χ0n) is 19.9. The molecule has 0 aliphatic carbocycles. The lowest BCUT2D eigenvalue weighted by Gasteiger charge is -2.16. The minimum atomic E-state index is -3.85. The normalized spacial score (nSPS) is 11.9. The predicted octanol–water partition coefficient (Wildman–Crippen LogP) is 0.447. The van der Waals surface area contributed by atoms with Crippen LogP contribution >= 0.6 is 11.8 Å². The van der Waals surface area contributed by atoms with E-state index in [-0.39, 0.29) is 23.5 Å². The van der Waals surface area contributed by atoms with Gasteiger partial charge in [0.1, 0.15) is 18.3 Å². The van der Waals surface area contributed by atoms with Crippen molar-refractivity contribution in [2.24, 2.45) is 5.14 Å². The molecule has 2 aromatic carbocycles. The maximum absolute atomic E-state index is 12.5. The van der Waals surface area contributed by atoms with Gasteiger partial charge in [-0.15, -0.1) is 5.10 Å². The summed E-state index contributed by atoms with van der Waals surface area (Å²) in [6.45, 7) is -0.162. The lowest BCUT2D eigenvalue weighted by Crippen LogP contribution is -2.44. The third kappa shape index (κ3) is 8.70. The van der Waals surface area contributed by atoms with Gasteiger partial charge in [-0.25, -0.2) is 23.0 Å². The topological polar surface area (TPSA) is 175 Å². The average Bonchev–Trinajstić information content (AvgIpc) is 3.33. The lowest BCUT2D eigenvalue weighted by atomic mass is 10.2. The number of hydrogen-bond donors (Lipinski definition) is 3. The van der Waals surface area contributed by atoms with E-state index < -0.39 is 33.8 Å². The van der Waals surface area contributed by atoms with Crippen molar-refractivity contribution in [2.75, 3.05) is 12.9 Å². The third-order valence-electron chi connectivity index (χ3n) is 4.98. The van der Waals surface area contributed by atoms with Crippen molar-refractivity contribution in [1.29, 1.82) is 0 Å². The Hall–Kier alpha value is -3.75. The van der Waals surface area contributed by atoms with E-state index in [9.17, 15) is 22.8 Å². The number of primary sulfonamides is 1. The number of thioether (sulfide) groups is 1. The fourth-order valence-corrected chi connectivity index (χ4v) is 4.65. The molecule has 3 rings (SSSR count). The van der Waals surface area contributed by atoms with E-state index in [1.54, 1.807) is 0 Å². The van der Waals surface area contributed by atoms with Crippen molar-refractivity contribution in [3.05, 3.63) is 77.6 Å². The summed E-state index contributed by atoms with van der Waals surface area (Å²) < 4.78 is 28.7. The van der Waals surface area contributed by atoms with Crippen molar-refractivity contribution >= 4 is 39.6 Å². The summed E-state index contributed by atoms with van der Waals surface area (Å²) in [6.07, 6.45) is 1.49. The van der Waals surface area contributed by atoms with Crippen LogP contribution in [0.2, 0.25) is 0 Å². The molecule has 0 aliphatic heterocycles. The van der Waals surface area contributed by atoms with Gasteiger partial charge in [-0.2, -0.15) is 11.8 Å². The maximum atomic E-state index is 12.5. The smallest absolute Gasteiger partial charge is 0.329 e. The van der Waals surface area contributed by atoms with Crippen LogP contribution in [0, 0.1) is 0 Å². The molecule has 1 aromatic heterocycles. The molecule has 196 valence electrons. The minimum Gasteiger partial charge on any atom is -0.467 e. The summed E-state index contributed by atoms with van der Waals surface area (Å²) in [5, 5.41) is 18.1. The molecule has 0 fully saturated rings. The molecule has 0 spiro atoms. The van der Waals surface area contributed by atoms with Gasteiger partial charge in [-0.1, -0.05) is 35.5 Å². The largest absolute Gasteiger partial charge is 0.467 e. The molecular formula is C23H26N6O6S2. The number of nitrogens with one attached hydrogen (secondary N) is 2. The van der Waals surface area contributed by atoms with E-state index in [2.05, 4.69) is 20.9 Å². The monoisotopic (exact) mass is 546 g/mol. The molecular weight excluding hydrogens is 520 g/mol. The number of nitrogens with two attached hydrogens (primary N) is 1. The van der Waals surface area contributed by atoms with Crippen LogP contribution in [-0.4, -0.2) is 60.1 Å². The first-order valence-corrected chi connectivity index (χ1v) is 13.6. The highest BCUT2D eigenvalue weighted by atomic mass is 32.2. The van der Waals surface area contributed by atoms with Crippen molar-refractivity contribution in [3.63, 3.8) is 0 Å². The standard InChI is InChI=1S/C23H26N6O6S2/c1-35-23(32)20(15-36-14-16-5-3-2-4-6-16)26-21(30)13-29-12-18(27-28-29)11-25-22(31)17-7-9-19(10-8-17)37(24,33)34/h2-10,12,20H,11,13-15H2,1H3,(H,25,31)(H,26,30)(H2,24,33,34)/t20-/m1/s1. The van der Waals surface area contributed by atoms with Gasteiger partial charge in [-0.3, -0.25) is 9.59 Å². The summed E-state index contributed by atoms with van der Waals surface area (Å²) in [6, 6.07) is 14.1. The molecule has 1 atom stereocenters. The van der Waals surface area contributed by atoms with Gasteiger partial charge < -0.3 is 15.4 Å². The first-order chi connectivity index (χ1) is 17.7. The second-order valence-electron chi connectivity index (χ2n) is 7.80. The average molecular weight is 547 g/mol. The fourth-order valence-electron chi connectivity index (χ4n) is 3.13. The van der Waals surface area contributed by atoms with E-state index >= 15 is 0 Å². The van der Waals surface area contributed by atoms with Crippen molar-refractivity contribution in [2.45, 2.75) is 29.8 Å². The highest BCUT2D eigenvalue weighted by Gasteiger charge is 2.22. The molecule has 0 saturated heterocycles. The summed E-state index contributed by atoms with van der Waals surface area (Å²) >= 11 is 1.49. The number of sulfonamides is 1. The zero-order chi connectivity index (χ0) is 26.8. The SMILES string of the molecule is COC(=O)[C@@H](CSCc1ccccc1)NC(=O)Cn1cc(CNC(=O)c2ccc(S(N)(=O)=O)cc2)nn1. The van der Waals surface area contributed by atoms with Gasteiger partial charge in [0.05, 0.1) is 24.7 Å². The Bertz CT molecular complexity index is 1330. The fraction of sp³-hybridized carbons (Fsp3) is 0.261. The number of hydrogen-bond acceptors (Lipinski definition) is 9. The maximum Gasteiger partial charge on any atom is 0.329 e. The number of amides is 2. The third-order valence-corrected chi connectivity index (χ3v) is 7.02. The summed E-state index contributed by atoms with van der Waals surface area (Å²) in [4.78, 5) is 36.8. The number of carbonyl (C=O) groups is 3. The van der Waals surface area contributed by atoms with Crippen LogP contribution in [0.1, 0.15) is 21.6 Å². The number of carbonyl (C=O) groups excluding carboxylic acids is 3. The number of benzene rings is 2. The molecule has 0 bridgehead atoms. The zero-order valence-corrected chi connectivity index (χ0v) is 21.5. The van der Waals surface area contributed by atoms with Gasteiger partial charge in [0.2, 0.25) is 15.9 Å². The molecule has 1 heterocycles. The predicted molar refractivity (Wildman–Crippen MR) is 136 cm³/mol. The van der Waals surface area contributed by atoms with Crippen LogP contribution in [0.4, 0.5) is 0 Å². The molecule has 0 saturated carbocycles.